The summed E-state index contributed by atoms with van der Waals surface area (Å²) in [6.45, 7) is 2.94. The van der Waals surface area contributed by atoms with Gasteiger partial charge in [-0.2, -0.15) is 0 Å². The first-order valence-corrected chi connectivity index (χ1v) is 9.07. The summed E-state index contributed by atoms with van der Waals surface area (Å²) in [6.07, 6.45) is 7.24. The number of hydrogen-bond donors (Lipinski definition) is 0. The quantitative estimate of drug-likeness (QED) is 0.723. The molecule has 4 rings (SSSR count). The van der Waals surface area contributed by atoms with E-state index in [4.69, 9.17) is 4.42 Å². The van der Waals surface area contributed by atoms with Crippen LogP contribution in [0.2, 0.25) is 0 Å². The van der Waals surface area contributed by atoms with E-state index in [2.05, 4.69) is 22.0 Å². The minimum absolute atomic E-state index is 0.0440. The van der Waals surface area contributed by atoms with E-state index in [1.165, 1.54) is 5.56 Å². The van der Waals surface area contributed by atoms with Crippen LogP contribution in [0.25, 0.3) is 11.0 Å². The first kappa shape index (κ1) is 16.8. The third kappa shape index (κ3) is 3.35. The van der Waals surface area contributed by atoms with Gasteiger partial charge >= 0.3 is 0 Å². The van der Waals surface area contributed by atoms with Gasteiger partial charge in [-0.15, -0.1) is 0 Å². The molecular formula is C21H23N3O2. The van der Waals surface area contributed by atoms with E-state index in [-0.39, 0.29) is 11.9 Å². The van der Waals surface area contributed by atoms with Crippen LogP contribution in [0.3, 0.4) is 0 Å². The van der Waals surface area contributed by atoms with Gasteiger partial charge < -0.3 is 9.32 Å². The zero-order chi connectivity index (χ0) is 17.9. The fraction of sp³-hybridized carbons (Fsp3) is 0.333. The highest BCUT2D eigenvalue weighted by atomic mass is 16.3. The van der Waals surface area contributed by atoms with E-state index < -0.39 is 0 Å². The lowest BCUT2D eigenvalue weighted by Gasteiger charge is -2.36. The van der Waals surface area contributed by atoms with Crippen LogP contribution in [-0.2, 0) is 6.54 Å². The average Bonchev–Trinajstić information content (AvgIpc) is 3.12. The summed E-state index contributed by atoms with van der Waals surface area (Å²) in [5.41, 5.74) is 2.70. The highest BCUT2D eigenvalue weighted by molar-refractivity contribution is 6.05. The van der Waals surface area contributed by atoms with E-state index in [1.807, 2.05) is 48.6 Å². The topological polar surface area (TPSA) is 49.6 Å². The van der Waals surface area contributed by atoms with Gasteiger partial charge in [0.2, 0.25) is 0 Å². The van der Waals surface area contributed by atoms with E-state index in [0.717, 1.165) is 43.4 Å². The second-order valence-corrected chi connectivity index (χ2v) is 6.92. The summed E-state index contributed by atoms with van der Waals surface area (Å²) in [6, 6.07) is 12.1. The van der Waals surface area contributed by atoms with Crippen LogP contribution in [0.5, 0.6) is 0 Å². The number of furan rings is 1. The Morgan fingerprint density at radius 1 is 1.19 bits per heavy atom. The van der Waals surface area contributed by atoms with Gasteiger partial charge in [0.1, 0.15) is 11.8 Å². The number of aromatic nitrogens is 1. The number of pyridine rings is 1. The molecule has 0 spiro atoms. The molecule has 0 saturated carbocycles. The maximum atomic E-state index is 12.9. The Bertz CT molecular complexity index is 882. The lowest BCUT2D eigenvalue weighted by Crippen LogP contribution is -2.45. The Hall–Kier alpha value is -2.66. The van der Waals surface area contributed by atoms with Crippen molar-refractivity contribution in [3.63, 3.8) is 0 Å². The number of fused-ring (bicyclic) bond motifs is 1. The molecular weight excluding hydrogens is 326 g/mol. The summed E-state index contributed by atoms with van der Waals surface area (Å²) in [5.74, 6) is 0.0440. The highest BCUT2D eigenvalue weighted by Gasteiger charge is 2.27. The van der Waals surface area contributed by atoms with Gasteiger partial charge in [-0.1, -0.05) is 18.2 Å². The maximum absolute atomic E-state index is 12.9. The zero-order valence-corrected chi connectivity index (χ0v) is 15.0. The molecule has 5 nitrogen and oxygen atoms in total. The van der Waals surface area contributed by atoms with Crippen molar-refractivity contribution in [2.24, 2.45) is 0 Å². The lowest BCUT2D eigenvalue weighted by atomic mass is 10.0. The Labute approximate surface area is 153 Å². The standard InChI is InChI=1S/C21H23N3O2/c1-23(21(25)19-15-26-20-5-3-2-4-18(19)20)17-8-12-24(13-9-17)14-16-6-10-22-11-7-16/h2-7,10-11,15,17H,8-9,12-14H2,1H3. The number of benzene rings is 1. The largest absolute Gasteiger partial charge is 0.463 e. The molecule has 0 N–H and O–H groups in total. The van der Waals surface area contributed by atoms with Crippen LogP contribution in [0, 0.1) is 0 Å². The van der Waals surface area contributed by atoms with Crippen molar-refractivity contribution >= 4 is 16.9 Å². The first-order valence-electron chi connectivity index (χ1n) is 9.07. The van der Waals surface area contributed by atoms with Gasteiger partial charge in [-0.05, 0) is 36.6 Å². The highest BCUT2D eigenvalue weighted by Crippen LogP contribution is 2.24. The lowest BCUT2D eigenvalue weighted by molar-refractivity contribution is 0.0637. The Morgan fingerprint density at radius 2 is 1.92 bits per heavy atom. The number of likely N-dealkylation sites (tertiary alicyclic amines) is 1. The van der Waals surface area contributed by atoms with Crippen molar-refractivity contribution in [3.8, 4) is 0 Å². The monoisotopic (exact) mass is 349 g/mol. The molecule has 5 heteroatoms. The molecule has 1 saturated heterocycles. The Balaban J connectivity index is 1.39. The molecule has 134 valence electrons. The van der Waals surface area contributed by atoms with Crippen molar-refractivity contribution in [2.75, 3.05) is 20.1 Å². The summed E-state index contributed by atoms with van der Waals surface area (Å²) in [5, 5.41) is 0.888. The van der Waals surface area contributed by atoms with Crippen LogP contribution < -0.4 is 0 Å². The van der Waals surface area contributed by atoms with E-state index in [9.17, 15) is 4.79 Å². The second kappa shape index (κ2) is 7.30. The molecule has 26 heavy (non-hydrogen) atoms. The number of para-hydroxylation sites is 1. The zero-order valence-electron chi connectivity index (χ0n) is 15.0. The van der Waals surface area contributed by atoms with Gasteiger partial charge in [0.25, 0.3) is 5.91 Å². The number of carbonyl (C=O) groups is 1. The predicted molar refractivity (Wildman–Crippen MR) is 101 cm³/mol. The molecule has 1 aliphatic rings. The molecule has 3 aromatic rings. The summed E-state index contributed by atoms with van der Waals surface area (Å²) < 4.78 is 5.53. The number of carbonyl (C=O) groups excluding carboxylic acids is 1. The van der Waals surface area contributed by atoms with Crippen molar-refractivity contribution in [1.29, 1.82) is 0 Å². The molecule has 1 aliphatic heterocycles. The second-order valence-electron chi connectivity index (χ2n) is 6.92. The van der Waals surface area contributed by atoms with E-state index in [1.54, 1.807) is 6.26 Å². The third-order valence-electron chi connectivity index (χ3n) is 5.29. The smallest absolute Gasteiger partial charge is 0.257 e. The molecule has 1 fully saturated rings. The minimum atomic E-state index is 0.0440. The molecule has 0 radical (unpaired) electrons. The van der Waals surface area contributed by atoms with Gasteiger partial charge in [0.15, 0.2) is 0 Å². The van der Waals surface area contributed by atoms with Gasteiger partial charge in [0.05, 0.1) is 5.56 Å². The molecule has 0 aliphatic carbocycles. The molecule has 3 heterocycles. The predicted octanol–water partition coefficient (Wildman–Crippen LogP) is 3.56. The van der Waals surface area contributed by atoms with Gasteiger partial charge in [0, 0.05) is 50.5 Å². The molecule has 1 aromatic carbocycles. The summed E-state index contributed by atoms with van der Waals surface area (Å²) in [7, 11) is 1.91. The third-order valence-corrected chi connectivity index (χ3v) is 5.29. The van der Waals surface area contributed by atoms with Crippen LogP contribution in [0.1, 0.15) is 28.8 Å². The van der Waals surface area contributed by atoms with E-state index in [0.29, 0.717) is 5.56 Å². The van der Waals surface area contributed by atoms with Crippen molar-refractivity contribution < 1.29 is 9.21 Å². The van der Waals surface area contributed by atoms with Crippen LogP contribution in [0.15, 0.2) is 59.5 Å². The Kier molecular flexibility index (Phi) is 4.71. The van der Waals surface area contributed by atoms with Crippen LogP contribution in [-0.4, -0.2) is 46.9 Å². The van der Waals surface area contributed by atoms with Crippen molar-refractivity contribution in [3.05, 3.63) is 66.2 Å². The first-order chi connectivity index (χ1) is 12.7. The minimum Gasteiger partial charge on any atom is -0.463 e. The molecule has 1 amide bonds. The number of hydrogen-bond acceptors (Lipinski definition) is 4. The molecule has 0 unspecified atom stereocenters. The number of nitrogens with zero attached hydrogens (tertiary/aromatic N) is 3. The van der Waals surface area contributed by atoms with Gasteiger partial charge in [-0.3, -0.25) is 14.7 Å². The fourth-order valence-corrected chi connectivity index (χ4v) is 3.71. The summed E-state index contributed by atoms with van der Waals surface area (Å²) >= 11 is 0. The van der Waals surface area contributed by atoms with Crippen molar-refractivity contribution in [1.82, 2.24) is 14.8 Å². The maximum Gasteiger partial charge on any atom is 0.257 e. The normalized spacial score (nSPS) is 16.0. The van der Waals surface area contributed by atoms with Gasteiger partial charge in [-0.25, -0.2) is 0 Å². The molecule has 0 atom stereocenters. The van der Waals surface area contributed by atoms with E-state index >= 15 is 0 Å². The Morgan fingerprint density at radius 3 is 2.69 bits per heavy atom. The molecule has 0 bridgehead atoms. The average molecular weight is 349 g/mol. The summed E-state index contributed by atoms with van der Waals surface area (Å²) in [4.78, 5) is 21.3. The van der Waals surface area contributed by atoms with Crippen LogP contribution in [0.4, 0.5) is 0 Å². The van der Waals surface area contributed by atoms with Crippen molar-refractivity contribution in [2.45, 2.75) is 25.4 Å². The molecule has 2 aromatic heterocycles. The fourth-order valence-electron chi connectivity index (χ4n) is 3.71. The number of rotatable bonds is 4. The SMILES string of the molecule is CN(C(=O)c1coc2ccccc12)C1CCN(Cc2ccncc2)CC1. The van der Waals surface area contributed by atoms with Crippen LogP contribution >= 0.6 is 0 Å². The number of amides is 1. The number of piperidine rings is 1.